The molecule has 6 nitrogen and oxygen atoms in total. The third-order valence-corrected chi connectivity index (χ3v) is 7.22. The van der Waals surface area contributed by atoms with Crippen LogP contribution in [0, 0.1) is 11.7 Å². The molecule has 1 aromatic heterocycles. The molecule has 37 heavy (non-hydrogen) atoms. The van der Waals surface area contributed by atoms with Crippen molar-refractivity contribution in [2.24, 2.45) is 5.92 Å². The van der Waals surface area contributed by atoms with Crippen LogP contribution in [0.1, 0.15) is 55.3 Å². The highest BCUT2D eigenvalue weighted by Gasteiger charge is 2.27. The molecule has 2 heterocycles. The number of rotatable bonds is 6. The maximum absolute atomic E-state index is 14.7. The normalized spacial score (nSPS) is 19.1. The second-order valence-corrected chi connectivity index (χ2v) is 9.55. The van der Waals surface area contributed by atoms with Crippen molar-refractivity contribution in [1.29, 1.82) is 0 Å². The number of amides is 1. The first-order chi connectivity index (χ1) is 17.9. The predicted molar refractivity (Wildman–Crippen MR) is 136 cm³/mol. The maximum Gasteiger partial charge on any atom is 0.266 e. The van der Waals surface area contributed by atoms with E-state index in [1.165, 1.54) is 17.7 Å². The van der Waals surface area contributed by atoms with Gasteiger partial charge in [0, 0.05) is 30.0 Å². The summed E-state index contributed by atoms with van der Waals surface area (Å²) in [4.78, 5) is 14.8. The van der Waals surface area contributed by atoms with Gasteiger partial charge in [0.05, 0.1) is 42.2 Å². The van der Waals surface area contributed by atoms with Gasteiger partial charge in [-0.25, -0.2) is 13.2 Å². The number of hydrogen-bond donors (Lipinski definition) is 1. The van der Waals surface area contributed by atoms with E-state index in [2.05, 4.69) is 21.6 Å². The molecule has 2 aliphatic rings. The fraction of sp³-hybridized carbons (Fsp3) is 0.393. The number of aromatic nitrogens is 2. The van der Waals surface area contributed by atoms with Gasteiger partial charge in [-0.05, 0) is 49.5 Å². The van der Waals surface area contributed by atoms with Crippen molar-refractivity contribution >= 4 is 28.1 Å². The SMILES string of the molecule is C[C@@H](Nc1cnnc2ccc(C3=CCC(C(=O)N4CCOCC4)CC3)cc12)c1cccc(C(F)F)c1F. The summed E-state index contributed by atoms with van der Waals surface area (Å²) in [6, 6.07) is 9.36. The van der Waals surface area contributed by atoms with Crippen LogP contribution < -0.4 is 5.32 Å². The summed E-state index contributed by atoms with van der Waals surface area (Å²) in [7, 11) is 0. The first-order valence-corrected chi connectivity index (χ1v) is 12.6. The number of anilines is 1. The molecule has 1 saturated heterocycles. The van der Waals surface area contributed by atoms with E-state index in [-0.39, 0.29) is 17.4 Å². The first-order valence-electron chi connectivity index (χ1n) is 12.6. The number of fused-ring (bicyclic) bond motifs is 1. The molecule has 0 bridgehead atoms. The second-order valence-electron chi connectivity index (χ2n) is 9.55. The van der Waals surface area contributed by atoms with Crippen LogP contribution in [0.25, 0.3) is 16.5 Å². The van der Waals surface area contributed by atoms with E-state index >= 15 is 0 Å². The van der Waals surface area contributed by atoms with E-state index in [9.17, 15) is 18.0 Å². The Labute approximate surface area is 213 Å². The summed E-state index contributed by atoms with van der Waals surface area (Å²) in [5, 5.41) is 12.3. The molecule has 1 fully saturated rings. The van der Waals surface area contributed by atoms with Crippen LogP contribution >= 0.6 is 0 Å². The predicted octanol–water partition coefficient (Wildman–Crippen LogP) is 5.92. The van der Waals surface area contributed by atoms with Gasteiger partial charge in [-0.3, -0.25) is 4.79 Å². The molecule has 0 spiro atoms. The number of benzene rings is 2. The Kier molecular flexibility index (Phi) is 7.41. The van der Waals surface area contributed by atoms with Crippen LogP contribution in [0.3, 0.4) is 0 Å². The molecule has 1 aliphatic carbocycles. The van der Waals surface area contributed by atoms with E-state index in [0.29, 0.717) is 43.9 Å². The number of nitrogens with one attached hydrogen (secondary N) is 1. The van der Waals surface area contributed by atoms with Crippen LogP contribution in [-0.2, 0) is 9.53 Å². The maximum atomic E-state index is 14.7. The number of allylic oxidation sites excluding steroid dienone is 2. The van der Waals surface area contributed by atoms with Crippen LogP contribution in [0.15, 0.2) is 48.7 Å². The minimum Gasteiger partial charge on any atom is -0.378 e. The lowest BCUT2D eigenvalue weighted by Crippen LogP contribution is -2.44. The fourth-order valence-corrected chi connectivity index (χ4v) is 5.12. The van der Waals surface area contributed by atoms with Crippen molar-refractivity contribution in [1.82, 2.24) is 15.1 Å². The smallest absolute Gasteiger partial charge is 0.266 e. The van der Waals surface area contributed by atoms with Gasteiger partial charge in [0.25, 0.3) is 6.43 Å². The highest BCUT2D eigenvalue weighted by Crippen LogP contribution is 2.35. The van der Waals surface area contributed by atoms with E-state index < -0.39 is 23.8 Å². The molecule has 1 N–H and O–H groups in total. The Bertz CT molecular complexity index is 1320. The van der Waals surface area contributed by atoms with E-state index in [4.69, 9.17) is 4.74 Å². The lowest BCUT2D eigenvalue weighted by atomic mass is 9.85. The number of halogens is 3. The monoisotopic (exact) mass is 510 g/mol. The number of carbonyl (C=O) groups is 1. The number of carbonyl (C=O) groups excluding carboxylic acids is 1. The van der Waals surface area contributed by atoms with Crippen molar-refractivity contribution in [3.8, 4) is 0 Å². The Balaban J connectivity index is 1.36. The molecular weight excluding hydrogens is 481 g/mol. The Morgan fingerprint density at radius 2 is 1.95 bits per heavy atom. The lowest BCUT2D eigenvalue weighted by molar-refractivity contribution is -0.139. The molecular formula is C28H29F3N4O2. The van der Waals surface area contributed by atoms with Crippen LogP contribution in [0.4, 0.5) is 18.9 Å². The second kappa shape index (κ2) is 10.9. The minimum absolute atomic E-state index is 0.00912. The van der Waals surface area contributed by atoms with Crippen molar-refractivity contribution in [2.45, 2.75) is 38.7 Å². The van der Waals surface area contributed by atoms with Crippen LogP contribution in [-0.4, -0.2) is 47.3 Å². The fourth-order valence-electron chi connectivity index (χ4n) is 5.12. The highest BCUT2D eigenvalue weighted by atomic mass is 19.3. The van der Waals surface area contributed by atoms with E-state index in [0.717, 1.165) is 29.9 Å². The van der Waals surface area contributed by atoms with Gasteiger partial charge >= 0.3 is 0 Å². The van der Waals surface area contributed by atoms with Gasteiger partial charge in [-0.15, -0.1) is 0 Å². The molecule has 0 saturated carbocycles. The third-order valence-electron chi connectivity index (χ3n) is 7.22. The van der Waals surface area contributed by atoms with Crippen molar-refractivity contribution in [2.75, 3.05) is 31.6 Å². The number of alkyl halides is 2. The molecule has 1 unspecified atom stereocenters. The topological polar surface area (TPSA) is 67.4 Å². The molecule has 2 atom stereocenters. The number of ether oxygens (including phenoxy) is 1. The van der Waals surface area contributed by atoms with Crippen LogP contribution in [0.2, 0.25) is 0 Å². The van der Waals surface area contributed by atoms with Crippen LogP contribution in [0.5, 0.6) is 0 Å². The highest BCUT2D eigenvalue weighted by molar-refractivity contribution is 5.93. The van der Waals surface area contributed by atoms with Gasteiger partial charge < -0.3 is 15.0 Å². The van der Waals surface area contributed by atoms with Gasteiger partial charge in [-0.2, -0.15) is 10.2 Å². The summed E-state index contributed by atoms with van der Waals surface area (Å²) >= 11 is 0. The molecule has 2 aromatic carbocycles. The molecule has 5 rings (SSSR count). The van der Waals surface area contributed by atoms with Gasteiger partial charge in [0.15, 0.2) is 0 Å². The zero-order chi connectivity index (χ0) is 25.9. The Morgan fingerprint density at radius 3 is 2.68 bits per heavy atom. The summed E-state index contributed by atoms with van der Waals surface area (Å²) in [6.45, 7) is 4.22. The zero-order valence-electron chi connectivity index (χ0n) is 20.6. The molecule has 1 amide bonds. The third kappa shape index (κ3) is 5.32. The van der Waals surface area contributed by atoms with Crippen molar-refractivity contribution in [3.63, 3.8) is 0 Å². The molecule has 1 aliphatic heterocycles. The number of nitrogens with zero attached hydrogens (tertiary/aromatic N) is 3. The first kappa shape index (κ1) is 25.2. The van der Waals surface area contributed by atoms with E-state index in [1.807, 2.05) is 23.1 Å². The standard InChI is InChI=1S/C28H29F3N4O2/c1-17(21-3-2-4-22(26(21)29)27(30)31)33-25-16-32-34-24-10-9-20(15-23(24)25)18-5-7-19(8-6-18)28(36)35-11-13-37-14-12-35/h2-5,9-10,15-17,19,27H,6-8,11-14H2,1H3,(H,33,34)/t17-,19?/m1/s1. The average molecular weight is 511 g/mol. The quantitative estimate of drug-likeness (QED) is 0.446. The van der Waals surface area contributed by atoms with Gasteiger partial charge in [-0.1, -0.05) is 30.3 Å². The summed E-state index contributed by atoms with van der Waals surface area (Å²) in [6.07, 6.45) is 3.09. The summed E-state index contributed by atoms with van der Waals surface area (Å²) in [5.41, 5.74) is 3.04. The van der Waals surface area contributed by atoms with Crippen molar-refractivity contribution in [3.05, 3.63) is 71.2 Å². The molecule has 194 valence electrons. The number of morpholine rings is 1. The Hall–Kier alpha value is -3.46. The average Bonchev–Trinajstić information content (AvgIpc) is 2.93. The minimum atomic E-state index is -2.88. The zero-order valence-corrected chi connectivity index (χ0v) is 20.6. The largest absolute Gasteiger partial charge is 0.378 e. The molecule has 0 radical (unpaired) electrons. The van der Waals surface area contributed by atoms with Gasteiger partial charge in [0.1, 0.15) is 5.82 Å². The van der Waals surface area contributed by atoms with Gasteiger partial charge in [0.2, 0.25) is 5.91 Å². The summed E-state index contributed by atoms with van der Waals surface area (Å²) in [5.74, 6) is -0.709. The number of hydrogen-bond acceptors (Lipinski definition) is 5. The summed E-state index contributed by atoms with van der Waals surface area (Å²) < 4.78 is 46.4. The molecule has 3 aromatic rings. The Morgan fingerprint density at radius 1 is 1.16 bits per heavy atom. The lowest BCUT2D eigenvalue weighted by Gasteiger charge is -2.31. The van der Waals surface area contributed by atoms with E-state index in [1.54, 1.807) is 13.1 Å². The molecule has 9 heteroatoms. The van der Waals surface area contributed by atoms with Crippen molar-refractivity contribution < 1.29 is 22.7 Å².